The molecule has 166 valence electrons. The second-order valence-corrected chi connectivity index (χ2v) is 7.67. The Morgan fingerprint density at radius 1 is 1.03 bits per heavy atom. The first-order chi connectivity index (χ1) is 14.8. The second kappa shape index (κ2) is 9.26. The van der Waals surface area contributed by atoms with Gasteiger partial charge in [-0.25, -0.2) is 4.98 Å². The fraction of sp³-hybridized carbons (Fsp3) is 0.391. The summed E-state index contributed by atoms with van der Waals surface area (Å²) in [5, 5.41) is 0.319. The van der Waals surface area contributed by atoms with E-state index in [9.17, 15) is 4.79 Å². The van der Waals surface area contributed by atoms with Crippen LogP contribution in [0.1, 0.15) is 24.1 Å². The van der Waals surface area contributed by atoms with Crippen molar-refractivity contribution in [2.24, 2.45) is 0 Å². The summed E-state index contributed by atoms with van der Waals surface area (Å²) >= 11 is 0. The molecule has 1 unspecified atom stereocenters. The molecule has 2 aromatic carbocycles. The van der Waals surface area contributed by atoms with Crippen molar-refractivity contribution in [2.75, 3.05) is 47.4 Å². The van der Waals surface area contributed by atoms with E-state index in [0.29, 0.717) is 46.7 Å². The molecule has 0 aliphatic carbocycles. The molecule has 1 atom stereocenters. The summed E-state index contributed by atoms with van der Waals surface area (Å²) in [5.74, 6) is 1.56. The van der Waals surface area contributed by atoms with E-state index < -0.39 is 0 Å². The van der Waals surface area contributed by atoms with Gasteiger partial charge in [-0.05, 0) is 32.1 Å². The van der Waals surface area contributed by atoms with Gasteiger partial charge < -0.3 is 24.0 Å². The number of rotatable bonds is 8. The number of hydrogen-bond acceptors (Lipinski definition) is 7. The molecular formula is C23H30N4O4. The summed E-state index contributed by atoms with van der Waals surface area (Å²) < 4.78 is 16.2. The highest BCUT2D eigenvalue weighted by Crippen LogP contribution is 2.41. The number of nitrogens with one attached hydrogen (secondary N) is 1. The number of H-pyrrole nitrogens is 1. The fourth-order valence-electron chi connectivity index (χ4n) is 3.54. The van der Waals surface area contributed by atoms with E-state index in [2.05, 4.69) is 60.2 Å². The molecule has 3 rings (SSSR count). The fourth-order valence-corrected chi connectivity index (χ4v) is 3.54. The topological polar surface area (TPSA) is 79.9 Å². The van der Waals surface area contributed by atoms with Gasteiger partial charge in [-0.1, -0.05) is 24.3 Å². The number of ether oxygens (including phenoxy) is 3. The van der Waals surface area contributed by atoms with Gasteiger partial charge in [-0.15, -0.1) is 0 Å². The van der Waals surface area contributed by atoms with Crippen LogP contribution in [-0.4, -0.2) is 57.3 Å². The minimum absolute atomic E-state index is 0.296. The van der Waals surface area contributed by atoms with Crippen LogP contribution >= 0.6 is 0 Å². The van der Waals surface area contributed by atoms with Crippen LogP contribution in [0.4, 0.5) is 5.95 Å². The van der Waals surface area contributed by atoms with Crippen molar-refractivity contribution in [1.82, 2.24) is 14.9 Å². The zero-order valence-corrected chi connectivity index (χ0v) is 19.1. The zero-order chi connectivity index (χ0) is 22.7. The maximum Gasteiger partial charge on any atom is 0.264 e. The number of hydrogen-bond donors (Lipinski definition) is 1. The summed E-state index contributed by atoms with van der Waals surface area (Å²) in [6, 6.07) is 10.4. The van der Waals surface area contributed by atoms with Crippen molar-refractivity contribution < 1.29 is 14.2 Å². The number of fused-ring (bicyclic) bond motifs is 1. The summed E-state index contributed by atoms with van der Waals surface area (Å²) in [6.07, 6.45) is 0. The maximum absolute atomic E-state index is 12.9. The van der Waals surface area contributed by atoms with Gasteiger partial charge in [-0.2, -0.15) is 0 Å². The lowest BCUT2D eigenvalue weighted by molar-refractivity contribution is 0.321. The van der Waals surface area contributed by atoms with Crippen LogP contribution in [0.3, 0.4) is 0 Å². The summed E-state index contributed by atoms with van der Waals surface area (Å²) in [5.41, 5.74) is 2.52. The Bertz CT molecular complexity index is 1130. The molecule has 0 bridgehead atoms. The van der Waals surface area contributed by atoms with Gasteiger partial charge in [0.1, 0.15) is 5.39 Å². The molecule has 8 heteroatoms. The van der Waals surface area contributed by atoms with Crippen LogP contribution in [0.15, 0.2) is 35.1 Å². The van der Waals surface area contributed by atoms with Crippen molar-refractivity contribution in [3.8, 4) is 17.2 Å². The van der Waals surface area contributed by atoms with E-state index in [1.54, 1.807) is 6.07 Å². The predicted molar refractivity (Wildman–Crippen MR) is 123 cm³/mol. The third-order valence-corrected chi connectivity index (χ3v) is 5.48. The third-order valence-electron chi connectivity index (χ3n) is 5.48. The van der Waals surface area contributed by atoms with E-state index in [-0.39, 0.29) is 5.56 Å². The molecule has 0 spiro atoms. The van der Waals surface area contributed by atoms with Gasteiger partial charge in [0, 0.05) is 25.7 Å². The molecule has 0 aliphatic rings. The molecule has 8 nitrogen and oxygen atoms in total. The highest BCUT2D eigenvalue weighted by atomic mass is 16.5. The van der Waals surface area contributed by atoms with Crippen molar-refractivity contribution in [2.45, 2.75) is 19.5 Å². The largest absolute Gasteiger partial charge is 0.493 e. The van der Waals surface area contributed by atoms with Crippen LogP contribution in [0, 0.1) is 0 Å². The molecule has 1 heterocycles. The standard InChI is InChI=1S/C23H30N4O4/c1-14(26(2)3)16-10-8-9-15(11-16)13-27(4)23-24-17-12-18(29-5)20(30-6)21(31-7)19(17)22(28)25-23/h8-12,14H,13H2,1-7H3,(H,24,25,28). The Morgan fingerprint density at radius 3 is 2.35 bits per heavy atom. The quantitative estimate of drug-likeness (QED) is 0.592. The molecule has 3 aromatic rings. The Kier molecular flexibility index (Phi) is 6.70. The minimum Gasteiger partial charge on any atom is -0.493 e. The lowest BCUT2D eigenvalue weighted by Crippen LogP contribution is -2.23. The van der Waals surface area contributed by atoms with Crippen molar-refractivity contribution in [3.63, 3.8) is 0 Å². The molecule has 0 fully saturated rings. The highest BCUT2D eigenvalue weighted by Gasteiger charge is 2.21. The molecule has 1 aromatic heterocycles. The first-order valence-corrected chi connectivity index (χ1v) is 10.00. The molecule has 1 N–H and O–H groups in total. The normalized spacial score (nSPS) is 12.1. The van der Waals surface area contributed by atoms with Crippen LogP contribution < -0.4 is 24.7 Å². The lowest BCUT2D eigenvalue weighted by atomic mass is 10.0. The van der Waals surface area contributed by atoms with Crippen molar-refractivity contribution in [1.29, 1.82) is 0 Å². The van der Waals surface area contributed by atoms with E-state index >= 15 is 0 Å². The average Bonchev–Trinajstić information content (AvgIpc) is 2.76. The van der Waals surface area contributed by atoms with E-state index in [1.807, 2.05) is 11.9 Å². The Hall–Kier alpha value is -3.26. The highest BCUT2D eigenvalue weighted by molar-refractivity contribution is 5.90. The lowest BCUT2D eigenvalue weighted by Gasteiger charge is -2.22. The number of anilines is 1. The number of aromatic nitrogens is 2. The average molecular weight is 427 g/mol. The van der Waals surface area contributed by atoms with Crippen LogP contribution in [-0.2, 0) is 6.54 Å². The molecule has 31 heavy (non-hydrogen) atoms. The molecule has 0 saturated heterocycles. The van der Waals surface area contributed by atoms with Gasteiger partial charge in [0.25, 0.3) is 5.56 Å². The molecule has 0 saturated carbocycles. The Labute approximate surface area is 182 Å². The number of aromatic amines is 1. The molecule has 0 radical (unpaired) electrons. The van der Waals surface area contributed by atoms with Gasteiger partial charge in [0.2, 0.25) is 11.7 Å². The Balaban J connectivity index is 2.00. The first kappa shape index (κ1) is 22.4. The molecule has 0 aliphatic heterocycles. The summed E-state index contributed by atoms with van der Waals surface area (Å²) in [4.78, 5) is 24.5. The predicted octanol–water partition coefficient (Wildman–Crippen LogP) is 3.21. The van der Waals surface area contributed by atoms with Gasteiger partial charge >= 0.3 is 0 Å². The van der Waals surface area contributed by atoms with Crippen molar-refractivity contribution >= 4 is 16.9 Å². The smallest absolute Gasteiger partial charge is 0.264 e. The third kappa shape index (κ3) is 4.44. The van der Waals surface area contributed by atoms with Gasteiger partial charge in [-0.3, -0.25) is 9.78 Å². The summed E-state index contributed by atoms with van der Waals surface area (Å²) in [6.45, 7) is 2.76. The van der Waals surface area contributed by atoms with Crippen LogP contribution in [0.2, 0.25) is 0 Å². The number of benzene rings is 2. The second-order valence-electron chi connectivity index (χ2n) is 7.67. The number of methoxy groups -OCH3 is 3. The van der Waals surface area contributed by atoms with Crippen LogP contribution in [0.5, 0.6) is 17.2 Å². The summed E-state index contributed by atoms with van der Waals surface area (Å²) in [7, 11) is 10.5. The SMILES string of the molecule is COc1cc2nc(N(C)Cc3cccc(C(C)N(C)C)c3)[nH]c(=O)c2c(OC)c1OC. The monoisotopic (exact) mass is 426 g/mol. The van der Waals surface area contributed by atoms with Gasteiger partial charge in [0.15, 0.2) is 11.5 Å². The minimum atomic E-state index is -0.306. The van der Waals surface area contributed by atoms with E-state index in [4.69, 9.17) is 14.2 Å². The maximum atomic E-state index is 12.9. The van der Waals surface area contributed by atoms with E-state index in [1.165, 1.54) is 26.9 Å². The first-order valence-electron chi connectivity index (χ1n) is 10.00. The Morgan fingerprint density at radius 2 is 1.74 bits per heavy atom. The molecule has 0 amide bonds. The number of nitrogens with zero attached hydrogens (tertiary/aromatic N) is 3. The van der Waals surface area contributed by atoms with Gasteiger partial charge in [0.05, 0.1) is 26.8 Å². The van der Waals surface area contributed by atoms with E-state index in [0.717, 1.165) is 5.56 Å². The zero-order valence-electron chi connectivity index (χ0n) is 19.1. The molecular weight excluding hydrogens is 396 g/mol. The van der Waals surface area contributed by atoms with Crippen LogP contribution in [0.25, 0.3) is 10.9 Å². The van der Waals surface area contributed by atoms with Crippen molar-refractivity contribution in [3.05, 3.63) is 51.8 Å².